The van der Waals surface area contributed by atoms with Crippen LogP contribution in [-0.2, 0) is 19.3 Å². The predicted octanol–water partition coefficient (Wildman–Crippen LogP) is 5.15. The lowest BCUT2D eigenvalue weighted by Crippen LogP contribution is -2.27. The smallest absolute Gasteiger partial charge is 0.365 e. The number of nitrogens with one attached hydrogen (secondary N) is 2. The lowest BCUT2D eigenvalue weighted by molar-refractivity contribution is -0.137. The fourth-order valence-electron chi connectivity index (χ4n) is 4.03. The molecule has 1 fully saturated rings. The van der Waals surface area contributed by atoms with Crippen LogP contribution < -0.4 is 10.6 Å². The third-order valence-corrected chi connectivity index (χ3v) is 5.86. The minimum Gasteiger partial charge on any atom is -0.365 e. The maximum absolute atomic E-state index is 13.6. The Bertz CT molecular complexity index is 1170. The second-order valence-corrected chi connectivity index (χ2v) is 9.06. The van der Waals surface area contributed by atoms with Gasteiger partial charge in [0.25, 0.3) is 5.91 Å². The maximum atomic E-state index is 13.6. The fraction of sp³-hybridized carbons (Fsp3) is 0.346. The number of rotatable bonds is 8. The van der Waals surface area contributed by atoms with Gasteiger partial charge in [-0.15, -0.1) is 0 Å². The van der Waals surface area contributed by atoms with Crippen molar-refractivity contribution in [2.45, 2.75) is 32.1 Å². The highest BCUT2D eigenvalue weighted by Gasteiger charge is 2.35. The summed E-state index contributed by atoms with van der Waals surface area (Å²) in [5, 5.41) is 5.73. The molecule has 2 N–H and O–H groups in total. The van der Waals surface area contributed by atoms with Crippen molar-refractivity contribution in [2.75, 3.05) is 37.8 Å². The van der Waals surface area contributed by atoms with Crippen LogP contribution in [0.3, 0.4) is 0 Å². The number of alkyl halides is 3. The van der Waals surface area contributed by atoms with Gasteiger partial charge in [-0.1, -0.05) is 24.3 Å². The molecule has 3 aromatic rings. The summed E-state index contributed by atoms with van der Waals surface area (Å²) in [6.07, 6.45) is -1.82. The zero-order valence-corrected chi connectivity index (χ0v) is 20.3. The minimum absolute atomic E-state index is 0.0189. The number of anilines is 3. The number of nitrogens with zero attached hydrogens (tertiary/aromatic N) is 4. The first-order chi connectivity index (χ1) is 17.2. The largest absolute Gasteiger partial charge is 0.421 e. The summed E-state index contributed by atoms with van der Waals surface area (Å²) in [5.41, 5.74) is 2.13. The van der Waals surface area contributed by atoms with Crippen LogP contribution in [-0.4, -0.2) is 52.9 Å². The molecule has 0 bridgehead atoms. The van der Waals surface area contributed by atoms with Crippen LogP contribution in [0.1, 0.15) is 39.9 Å². The van der Waals surface area contributed by atoms with E-state index in [0.29, 0.717) is 11.3 Å². The quantitative estimate of drug-likeness (QED) is 0.448. The molecule has 1 amide bonds. The van der Waals surface area contributed by atoms with Gasteiger partial charge in [-0.25, -0.2) is 4.98 Å². The van der Waals surface area contributed by atoms with E-state index in [1.54, 1.807) is 24.3 Å². The van der Waals surface area contributed by atoms with E-state index in [4.69, 9.17) is 0 Å². The van der Waals surface area contributed by atoms with Crippen LogP contribution in [0.4, 0.5) is 30.6 Å². The average Bonchev–Trinajstić information content (AvgIpc) is 3.38. The van der Waals surface area contributed by atoms with E-state index in [-0.39, 0.29) is 24.2 Å². The SMILES string of the molecule is CN(C)Cc1ccc(CNc2nc(Nc3ccc(C(=O)N4CCCC4)cc3)ncc2C(F)(F)F)cc1. The molecule has 0 radical (unpaired) electrons. The van der Waals surface area contributed by atoms with Crippen LogP contribution in [0.25, 0.3) is 0 Å². The summed E-state index contributed by atoms with van der Waals surface area (Å²) < 4.78 is 40.7. The molecule has 0 saturated carbocycles. The normalized spacial score (nSPS) is 13.8. The number of aromatic nitrogens is 2. The molecule has 36 heavy (non-hydrogen) atoms. The Labute approximate surface area is 208 Å². The Hall–Kier alpha value is -3.66. The van der Waals surface area contributed by atoms with Crippen molar-refractivity contribution in [2.24, 2.45) is 0 Å². The van der Waals surface area contributed by atoms with Crippen LogP contribution in [0, 0.1) is 0 Å². The molecule has 1 saturated heterocycles. The van der Waals surface area contributed by atoms with Gasteiger partial charge in [0, 0.05) is 43.6 Å². The van der Waals surface area contributed by atoms with Crippen LogP contribution in [0.15, 0.2) is 54.7 Å². The summed E-state index contributed by atoms with van der Waals surface area (Å²) in [7, 11) is 3.94. The van der Waals surface area contributed by atoms with Crippen molar-refractivity contribution < 1.29 is 18.0 Å². The van der Waals surface area contributed by atoms with Gasteiger partial charge < -0.3 is 20.4 Å². The zero-order chi connectivity index (χ0) is 25.7. The van der Waals surface area contributed by atoms with E-state index in [2.05, 4.69) is 20.6 Å². The van der Waals surface area contributed by atoms with Gasteiger partial charge in [0.15, 0.2) is 0 Å². The first kappa shape index (κ1) is 25.4. The van der Waals surface area contributed by atoms with E-state index in [0.717, 1.165) is 49.8 Å². The Morgan fingerprint density at radius 1 is 1.00 bits per heavy atom. The Morgan fingerprint density at radius 3 is 2.25 bits per heavy atom. The van der Waals surface area contributed by atoms with E-state index < -0.39 is 11.7 Å². The number of hydrogen-bond acceptors (Lipinski definition) is 6. The summed E-state index contributed by atoms with van der Waals surface area (Å²) in [6, 6.07) is 14.4. The number of carbonyl (C=O) groups excluding carboxylic acids is 1. The third kappa shape index (κ3) is 6.51. The van der Waals surface area contributed by atoms with Gasteiger partial charge in [-0.2, -0.15) is 18.2 Å². The van der Waals surface area contributed by atoms with Gasteiger partial charge in [-0.05, 0) is 62.3 Å². The van der Waals surface area contributed by atoms with E-state index in [1.165, 1.54) is 0 Å². The Kier molecular flexibility index (Phi) is 7.73. The fourth-order valence-corrected chi connectivity index (χ4v) is 4.03. The van der Waals surface area contributed by atoms with E-state index >= 15 is 0 Å². The highest BCUT2D eigenvalue weighted by atomic mass is 19.4. The molecular weight excluding hydrogens is 469 g/mol. The van der Waals surface area contributed by atoms with Gasteiger partial charge in [-0.3, -0.25) is 4.79 Å². The lowest BCUT2D eigenvalue weighted by atomic mass is 10.1. The Morgan fingerprint density at radius 2 is 1.64 bits per heavy atom. The molecular formula is C26H29F3N6O. The van der Waals surface area contributed by atoms with Crippen molar-refractivity contribution in [1.82, 2.24) is 19.8 Å². The van der Waals surface area contributed by atoms with Gasteiger partial charge in [0.1, 0.15) is 11.4 Å². The first-order valence-electron chi connectivity index (χ1n) is 11.8. The molecule has 2 aromatic carbocycles. The molecule has 190 valence electrons. The lowest BCUT2D eigenvalue weighted by Gasteiger charge is -2.16. The molecule has 2 heterocycles. The van der Waals surface area contributed by atoms with Crippen molar-refractivity contribution >= 4 is 23.4 Å². The summed E-state index contributed by atoms with van der Waals surface area (Å²) in [5.74, 6) is -0.310. The number of halogens is 3. The van der Waals surface area contributed by atoms with Gasteiger partial charge in [0.05, 0.1) is 0 Å². The second kappa shape index (κ2) is 10.9. The molecule has 1 aromatic heterocycles. The third-order valence-electron chi connectivity index (χ3n) is 5.86. The predicted molar refractivity (Wildman–Crippen MR) is 133 cm³/mol. The van der Waals surface area contributed by atoms with Crippen molar-refractivity contribution in [3.8, 4) is 0 Å². The molecule has 0 spiro atoms. The number of likely N-dealkylation sites (tertiary alicyclic amines) is 1. The molecule has 4 rings (SSSR count). The molecule has 1 aliphatic rings. The molecule has 0 aliphatic carbocycles. The summed E-state index contributed by atoms with van der Waals surface area (Å²) in [4.78, 5) is 24.3. The molecule has 0 atom stereocenters. The number of hydrogen-bond donors (Lipinski definition) is 2. The second-order valence-electron chi connectivity index (χ2n) is 9.06. The molecule has 7 nitrogen and oxygen atoms in total. The van der Waals surface area contributed by atoms with E-state index in [1.807, 2.05) is 48.2 Å². The highest BCUT2D eigenvalue weighted by Crippen LogP contribution is 2.34. The van der Waals surface area contributed by atoms with Gasteiger partial charge in [0.2, 0.25) is 5.95 Å². The highest BCUT2D eigenvalue weighted by molar-refractivity contribution is 5.94. The first-order valence-corrected chi connectivity index (χ1v) is 11.8. The minimum atomic E-state index is -4.60. The number of amides is 1. The summed E-state index contributed by atoms with van der Waals surface area (Å²) in [6.45, 7) is 2.47. The summed E-state index contributed by atoms with van der Waals surface area (Å²) >= 11 is 0. The maximum Gasteiger partial charge on any atom is 0.421 e. The van der Waals surface area contributed by atoms with Crippen LogP contribution in [0.2, 0.25) is 0 Å². The number of carbonyl (C=O) groups is 1. The van der Waals surface area contributed by atoms with Crippen molar-refractivity contribution in [1.29, 1.82) is 0 Å². The monoisotopic (exact) mass is 498 g/mol. The topological polar surface area (TPSA) is 73.4 Å². The van der Waals surface area contributed by atoms with Crippen LogP contribution >= 0.6 is 0 Å². The molecule has 10 heteroatoms. The standard InChI is InChI=1S/C26H29F3N6O/c1-34(2)17-19-7-5-18(6-8-19)15-30-23-22(26(27,28)29)16-31-25(33-23)32-21-11-9-20(10-12-21)24(36)35-13-3-4-14-35/h5-12,16H,3-4,13-15,17H2,1-2H3,(H2,30,31,32,33). The molecule has 0 unspecified atom stereocenters. The molecule has 1 aliphatic heterocycles. The zero-order valence-electron chi connectivity index (χ0n) is 20.3. The van der Waals surface area contributed by atoms with Crippen molar-refractivity contribution in [3.05, 3.63) is 77.0 Å². The Balaban J connectivity index is 1.46. The van der Waals surface area contributed by atoms with E-state index in [9.17, 15) is 18.0 Å². The van der Waals surface area contributed by atoms with Gasteiger partial charge >= 0.3 is 6.18 Å². The van der Waals surface area contributed by atoms with Crippen molar-refractivity contribution in [3.63, 3.8) is 0 Å². The average molecular weight is 499 g/mol. The number of benzene rings is 2. The van der Waals surface area contributed by atoms with Crippen LogP contribution in [0.5, 0.6) is 0 Å².